The van der Waals surface area contributed by atoms with Crippen LogP contribution in [0.15, 0.2) is 24.3 Å². The molecule has 1 aromatic carbocycles. The van der Waals surface area contributed by atoms with E-state index in [1.807, 2.05) is 31.2 Å². The summed E-state index contributed by atoms with van der Waals surface area (Å²) in [7, 11) is 1.63. The molecule has 2 N–H and O–H groups in total. The van der Waals surface area contributed by atoms with Gasteiger partial charge in [0.15, 0.2) is 0 Å². The Morgan fingerprint density at radius 1 is 1.30 bits per heavy atom. The predicted molar refractivity (Wildman–Crippen MR) is 88.8 cm³/mol. The molecule has 1 aromatic rings. The Bertz CT molecular complexity index is 518. The highest BCUT2D eigenvalue weighted by Gasteiger charge is 2.56. The lowest BCUT2D eigenvalue weighted by Crippen LogP contribution is -2.51. The van der Waals surface area contributed by atoms with Crippen LogP contribution in [-0.2, 0) is 16.1 Å². The molecule has 5 nitrogen and oxygen atoms in total. The summed E-state index contributed by atoms with van der Waals surface area (Å²) in [6.07, 6.45) is -1.24. The van der Waals surface area contributed by atoms with E-state index in [0.717, 1.165) is 23.5 Å². The normalized spacial score (nSPS) is 36.7. The van der Waals surface area contributed by atoms with E-state index in [-0.39, 0.29) is 11.9 Å². The molecule has 5 atom stereocenters. The maximum atomic E-state index is 10.3. The van der Waals surface area contributed by atoms with Gasteiger partial charge in [-0.15, -0.1) is 0 Å². The van der Waals surface area contributed by atoms with Crippen molar-refractivity contribution in [1.29, 1.82) is 0 Å². The molecule has 0 aliphatic carbocycles. The van der Waals surface area contributed by atoms with Crippen molar-refractivity contribution in [3.05, 3.63) is 29.8 Å². The number of thioether (sulfide) groups is 1. The van der Waals surface area contributed by atoms with Crippen LogP contribution in [-0.4, -0.2) is 58.8 Å². The Morgan fingerprint density at radius 2 is 2.00 bits per heavy atom. The fourth-order valence-corrected chi connectivity index (χ4v) is 4.11. The summed E-state index contributed by atoms with van der Waals surface area (Å²) >= 11 is 1.78. The average Bonchev–Trinajstić information content (AvgIpc) is 2.71. The lowest BCUT2D eigenvalue weighted by Gasteiger charge is -2.41. The molecule has 6 heteroatoms. The first kappa shape index (κ1) is 17.0. The molecule has 0 saturated carbocycles. The van der Waals surface area contributed by atoms with Crippen LogP contribution in [0.4, 0.5) is 0 Å². The van der Waals surface area contributed by atoms with Crippen LogP contribution in [0.1, 0.15) is 18.9 Å². The molecular formula is C17H24O5S. The monoisotopic (exact) mass is 340 g/mol. The molecule has 0 spiro atoms. The van der Waals surface area contributed by atoms with E-state index in [2.05, 4.69) is 0 Å². The van der Waals surface area contributed by atoms with Crippen LogP contribution in [0.25, 0.3) is 0 Å². The Hall–Kier alpha value is -0.790. The topological polar surface area (TPSA) is 68.2 Å². The van der Waals surface area contributed by atoms with E-state index in [1.54, 1.807) is 18.9 Å². The summed E-state index contributed by atoms with van der Waals surface area (Å²) in [6.45, 7) is 2.58. The minimum Gasteiger partial charge on any atom is -0.497 e. The van der Waals surface area contributed by atoms with Gasteiger partial charge in [0, 0.05) is 5.25 Å². The lowest BCUT2D eigenvalue weighted by molar-refractivity contribution is -0.0937. The van der Waals surface area contributed by atoms with Crippen molar-refractivity contribution in [3.8, 4) is 5.75 Å². The van der Waals surface area contributed by atoms with Crippen LogP contribution >= 0.6 is 11.8 Å². The first-order valence-electron chi connectivity index (χ1n) is 7.91. The Morgan fingerprint density at radius 3 is 2.57 bits per heavy atom. The van der Waals surface area contributed by atoms with Gasteiger partial charge in [-0.3, -0.25) is 0 Å². The van der Waals surface area contributed by atoms with E-state index in [1.165, 1.54) is 0 Å². The van der Waals surface area contributed by atoms with Crippen molar-refractivity contribution in [2.24, 2.45) is 0 Å². The second-order valence-corrected chi connectivity index (χ2v) is 7.60. The van der Waals surface area contributed by atoms with Gasteiger partial charge in [-0.2, -0.15) is 11.8 Å². The van der Waals surface area contributed by atoms with Gasteiger partial charge in [0.1, 0.15) is 29.7 Å². The third-order valence-corrected chi connectivity index (χ3v) is 6.32. The Balaban J connectivity index is 1.51. The summed E-state index contributed by atoms with van der Waals surface area (Å²) in [6, 6.07) is 7.64. The second kappa shape index (κ2) is 6.99. The summed E-state index contributed by atoms with van der Waals surface area (Å²) in [5.74, 6) is 1.89. The summed E-state index contributed by atoms with van der Waals surface area (Å²) in [5.41, 5.74) is 0.340. The molecule has 0 bridgehead atoms. The number of hydrogen-bond donors (Lipinski definition) is 2. The molecule has 0 radical (unpaired) electrons. The molecular weight excluding hydrogens is 316 g/mol. The molecule has 2 aliphatic heterocycles. The highest BCUT2D eigenvalue weighted by atomic mass is 32.2. The molecule has 2 heterocycles. The fourth-order valence-electron chi connectivity index (χ4n) is 3.11. The van der Waals surface area contributed by atoms with E-state index >= 15 is 0 Å². The van der Waals surface area contributed by atoms with Crippen molar-refractivity contribution in [3.63, 3.8) is 0 Å². The predicted octanol–water partition coefficient (Wildman–Crippen LogP) is 1.60. The molecule has 3 rings (SSSR count). The number of aliphatic hydroxyl groups excluding tert-OH is 2. The van der Waals surface area contributed by atoms with Crippen LogP contribution in [0, 0.1) is 0 Å². The maximum absolute atomic E-state index is 10.3. The van der Waals surface area contributed by atoms with Crippen LogP contribution in [0.3, 0.4) is 0 Å². The third-order valence-electron chi connectivity index (χ3n) is 4.75. The number of hydrogen-bond acceptors (Lipinski definition) is 6. The zero-order valence-electron chi connectivity index (χ0n) is 13.5. The average molecular weight is 340 g/mol. The van der Waals surface area contributed by atoms with Crippen LogP contribution in [0.5, 0.6) is 5.75 Å². The van der Waals surface area contributed by atoms with E-state index in [4.69, 9.17) is 14.2 Å². The fraction of sp³-hybridized carbons (Fsp3) is 0.647. The lowest BCUT2D eigenvalue weighted by atomic mass is 9.91. The van der Waals surface area contributed by atoms with Gasteiger partial charge in [-0.25, -0.2) is 0 Å². The molecule has 23 heavy (non-hydrogen) atoms. The smallest absolute Gasteiger partial charge is 0.118 e. The zero-order chi connectivity index (χ0) is 16.4. The Labute approximate surface area is 140 Å². The number of aliphatic hydroxyl groups is 2. The minimum absolute atomic E-state index is 0.249. The van der Waals surface area contributed by atoms with Gasteiger partial charge in [-0.1, -0.05) is 12.1 Å². The van der Waals surface area contributed by atoms with Gasteiger partial charge in [0.2, 0.25) is 0 Å². The first-order valence-corrected chi connectivity index (χ1v) is 8.95. The van der Waals surface area contributed by atoms with Gasteiger partial charge < -0.3 is 24.4 Å². The number of methoxy groups -OCH3 is 1. The minimum atomic E-state index is -0.905. The van der Waals surface area contributed by atoms with Gasteiger partial charge in [0.25, 0.3) is 0 Å². The van der Waals surface area contributed by atoms with Crippen molar-refractivity contribution < 1.29 is 24.4 Å². The number of ether oxygens (including phenoxy) is 3. The van der Waals surface area contributed by atoms with Gasteiger partial charge in [-0.05, 0) is 36.8 Å². The van der Waals surface area contributed by atoms with Crippen LogP contribution < -0.4 is 4.74 Å². The summed E-state index contributed by atoms with van der Waals surface area (Å²) in [4.78, 5) is 0. The van der Waals surface area contributed by atoms with Gasteiger partial charge in [0.05, 0.1) is 20.3 Å². The zero-order valence-corrected chi connectivity index (χ0v) is 14.3. The third kappa shape index (κ3) is 3.37. The van der Waals surface area contributed by atoms with E-state index < -0.39 is 23.9 Å². The molecule has 2 saturated heterocycles. The SMILES string of the molecule is COc1ccc(COC[C@H]2O[C@](C)(C3CCS3)[C@H](O)[C@@H]2O)cc1. The van der Waals surface area contributed by atoms with Crippen molar-refractivity contribution in [2.75, 3.05) is 19.5 Å². The number of benzene rings is 1. The molecule has 2 fully saturated rings. The Kier molecular flexibility index (Phi) is 5.18. The largest absolute Gasteiger partial charge is 0.497 e. The maximum Gasteiger partial charge on any atom is 0.118 e. The molecule has 0 amide bonds. The second-order valence-electron chi connectivity index (χ2n) is 6.29. The standard InChI is InChI=1S/C17H24O5S/c1-17(14-7-8-23-14)16(19)15(18)13(22-17)10-21-9-11-3-5-12(20-2)6-4-11/h3-6,13-16,18-19H,7-10H2,1-2H3/t13-,14?,15-,16-,17-/m1/s1. The van der Waals surface area contributed by atoms with Crippen LogP contribution in [0.2, 0.25) is 0 Å². The molecule has 1 unspecified atom stereocenters. The van der Waals surface area contributed by atoms with E-state index in [0.29, 0.717) is 6.61 Å². The summed E-state index contributed by atoms with van der Waals surface area (Å²) < 4.78 is 16.8. The highest BCUT2D eigenvalue weighted by Crippen LogP contribution is 2.45. The quantitative estimate of drug-likeness (QED) is 0.820. The number of rotatable bonds is 6. The molecule has 128 valence electrons. The molecule has 2 aliphatic rings. The highest BCUT2D eigenvalue weighted by molar-refractivity contribution is 8.01. The van der Waals surface area contributed by atoms with Crippen molar-refractivity contribution >= 4 is 11.8 Å². The van der Waals surface area contributed by atoms with Crippen molar-refractivity contribution in [2.45, 2.75) is 49.1 Å². The van der Waals surface area contributed by atoms with E-state index in [9.17, 15) is 10.2 Å². The molecule has 0 aromatic heterocycles. The van der Waals surface area contributed by atoms with Gasteiger partial charge >= 0.3 is 0 Å². The first-order chi connectivity index (χ1) is 11.0. The summed E-state index contributed by atoms with van der Waals surface area (Å²) in [5, 5.41) is 20.8. The van der Waals surface area contributed by atoms with Crippen molar-refractivity contribution in [1.82, 2.24) is 0 Å².